The molecule has 0 amide bonds. The highest BCUT2D eigenvalue weighted by molar-refractivity contribution is 9.10. The van der Waals surface area contributed by atoms with Gasteiger partial charge in [0.05, 0.1) is 17.8 Å². The van der Waals surface area contributed by atoms with E-state index in [9.17, 15) is 0 Å². The molecule has 0 atom stereocenters. The molecular formula is C11H10BrClN2O. The topological polar surface area (TPSA) is 27.1 Å². The third-order valence-corrected chi connectivity index (χ3v) is 2.68. The lowest BCUT2D eigenvalue weighted by atomic mass is 10.3. The molecule has 0 radical (unpaired) electrons. The van der Waals surface area contributed by atoms with Gasteiger partial charge in [-0.1, -0.05) is 33.6 Å². The van der Waals surface area contributed by atoms with E-state index in [0.717, 1.165) is 10.2 Å². The van der Waals surface area contributed by atoms with Gasteiger partial charge in [0.1, 0.15) is 12.4 Å². The lowest BCUT2D eigenvalue weighted by molar-refractivity contribution is 0.291. The number of nitrogens with zero attached hydrogens (tertiary/aromatic N) is 2. The van der Waals surface area contributed by atoms with Gasteiger partial charge < -0.3 is 4.74 Å². The Morgan fingerprint density at radius 3 is 3.00 bits per heavy atom. The van der Waals surface area contributed by atoms with E-state index >= 15 is 0 Å². The molecule has 2 aromatic rings. The van der Waals surface area contributed by atoms with Gasteiger partial charge >= 0.3 is 0 Å². The predicted octanol–water partition coefficient (Wildman–Crippen LogP) is 3.38. The first kappa shape index (κ1) is 11.5. The van der Waals surface area contributed by atoms with Gasteiger partial charge in [-0.15, -0.1) is 0 Å². The van der Waals surface area contributed by atoms with Crippen LogP contribution in [0, 0.1) is 0 Å². The Balaban J connectivity index is 1.84. The van der Waals surface area contributed by atoms with Crippen molar-refractivity contribution < 1.29 is 4.74 Å². The van der Waals surface area contributed by atoms with E-state index < -0.39 is 0 Å². The van der Waals surface area contributed by atoms with E-state index in [1.165, 1.54) is 0 Å². The third-order valence-electron chi connectivity index (χ3n) is 1.99. The molecule has 1 aromatic carbocycles. The maximum Gasteiger partial charge on any atom is 0.120 e. The van der Waals surface area contributed by atoms with Crippen molar-refractivity contribution in [3.63, 3.8) is 0 Å². The summed E-state index contributed by atoms with van der Waals surface area (Å²) in [6.07, 6.45) is 3.38. The molecule has 0 N–H and O–H groups in total. The lowest BCUT2D eigenvalue weighted by Gasteiger charge is -2.06. The van der Waals surface area contributed by atoms with Gasteiger partial charge in [-0.05, 0) is 18.2 Å². The number of ether oxygens (including phenoxy) is 1. The van der Waals surface area contributed by atoms with Crippen LogP contribution in [0.5, 0.6) is 5.75 Å². The average Bonchev–Trinajstić information content (AvgIpc) is 2.64. The van der Waals surface area contributed by atoms with Gasteiger partial charge in [0.2, 0.25) is 0 Å². The van der Waals surface area contributed by atoms with E-state index in [-0.39, 0.29) is 0 Å². The monoisotopic (exact) mass is 300 g/mol. The Hall–Kier alpha value is -1.00. The summed E-state index contributed by atoms with van der Waals surface area (Å²) in [7, 11) is 0. The highest BCUT2D eigenvalue weighted by atomic mass is 79.9. The summed E-state index contributed by atoms with van der Waals surface area (Å²) >= 11 is 9.13. The molecule has 0 aliphatic heterocycles. The van der Waals surface area contributed by atoms with Crippen molar-refractivity contribution in [2.24, 2.45) is 0 Å². The predicted molar refractivity (Wildman–Crippen MR) is 66.9 cm³/mol. The first-order valence-electron chi connectivity index (χ1n) is 4.80. The van der Waals surface area contributed by atoms with Gasteiger partial charge in [-0.25, -0.2) is 0 Å². The number of rotatable bonds is 4. The van der Waals surface area contributed by atoms with E-state index in [2.05, 4.69) is 21.0 Å². The Morgan fingerprint density at radius 1 is 1.44 bits per heavy atom. The Morgan fingerprint density at radius 2 is 2.31 bits per heavy atom. The van der Waals surface area contributed by atoms with Crippen LogP contribution in [0.4, 0.5) is 0 Å². The van der Waals surface area contributed by atoms with Crippen LogP contribution in [0.25, 0.3) is 0 Å². The van der Waals surface area contributed by atoms with Gasteiger partial charge in [-0.2, -0.15) is 5.10 Å². The minimum atomic E-state index is 0.564. The van der Waals surface area contributed by atoms with Crippen molar-refractivity contribution in [3.8, 4) is 5.75 Å². The van der Waals surface area contributed by atoms with Crippen LogP contribution >= 0.6 is 27.5 Å². The second kappa shape index (κ2) is 5.37. The molecule has 84 valence electrons. The molecule has 1 aromatic heterocycles. The number of hydrogen-bond acceptors (Lipinski definition) is 2. The zero-order chi connectivity index (χ0) is 11.4. The maximum absolute atomic E-state index is 5.75. The summed E-state index contributed by atoms with van der Waals surface area (Å²) in [5.41, 5.74) is 0. The lowest BCUT2D eigenvalue weighted by Crippen LogP contribution is -2.08. The summed E-state index contributed by atoms with van der Waals surface area (Å²) in [5, 5.41) is 4.70. The van der Waals surface area contributed by atoms with Crippen LogP contribution in [0.1, 0.15) is 0 Å². The zero-order valence-electron chi connectivity index (χ0n) is 8.44. The zero-order valence-corrected chi connectivity index (χ0v) is 10.8. The second-order valence-electron chi connectivity index (χ2n) is 3.23. The van der Waals surface area contributed by atoms with Crippen molar-refractivity contribution in [2.75, 3.05) is 6.61 Å². The molecule has 0 spiro atoms. The van der Waals surface area contributed by atoms with E-state index in [0.29, 0.717) is 18.2 Å². The molecule has 5 heteroatoms. The number of halogens is 2. The molecule has 0 saturated heterocycles. The number of benzene rings is 1. The average molecular weight is 302 g/mol. The fourth-order valence-electron chi connectivity index (χ4n) is 1.27. The van der Waals surface area contributed by atoms with Crippen LogP contribution in [0.3, 0.4) is 0 Å². The van der Waals surface area contributed by atoms with Crippen molar-refractivity contribution in [1.29, 1.82) is 0 Å². The summed E-state index contributed by atoms with van der Waals surface area (Å²) in [5.74, 6) is 0.840. The van der Waals surface area contributed by atoms with Crippen LogP contribution in [-0.4, -0.2) is 16.4 Å². The van der Waals surface area contributed by atoms with Gasteiger partial charge in [0.15, 0.2) is 0 Å². The number of hydrogen-bond donors (Lipinski definition) is 0. The highest BCUT2D eigenvalue weighted by Gasteiger charge is 1.97. The SMILES string of the molecule is Clc1cnn(CCOc2cccc(Br)c2)c1. The van der Waals surface area contributed by atoms with E-state index in [4.69, 9.17) is 16.3 Å². The molecular weight excluding hydrogens is 291 g/mol. The molecule has 0 unspecified atom stereocenters. The fourth-order valence-corrected chi connectivity index (χ4v) is 1.81. The summed E-state index contributed by atoms with van der Waals surface area (Å²) in [6.45, 7) is 1.24. The fraction of sp³-hybridized carbons (Fsp3) is 0.182. The molecule has 0 bridgehead atoms. The minimum absolute atomic E-state index is 0.564. The highest BCUT2D eigenvalue weighted by Crippen LogP contribution is 2.17. The van der Waals surface area contributed by atoms with Crippen molar-refractivity contribution in [1.82, 2.24) is 9.78 Å². The molecule has 0 fully saturated rings. The van der Waals surface area contributed by atoms with Gasteiger partial charge in [-0.3, -0.25) is 4.68 Å². The smallest absolute Gasteiger partial charge is 0.120 e. The first-order chi connectivity index (χ1) is 7.74. The summed E-state index contributed by atoms with van der Waals surface area (Å²) in [6, 6.07) is 7.74. The van der Waals surface area contributed by atoms with Gasteiger partial charge in [0.25, 0.3) is 0 Å². The van der Waals surface area contributed by atoms with Crippen molar-refractivity contribution >= 4 is 27.5 Å². The van der Waals surface area contributed by atoms with Crippen LogP contribution in [0.15, 0.2) is 41.1 Å². The molecule has 3 nitrogen and oxygen atoms in total. The quantitative estimate of drug-likeness (QED) is 0.865. The largest absolute Gasteiger partial charge is 0.492 e. The van der Waals surface area contributed by atoms with Crippen molar-refractivity contribution in [3.05, 3.63) is 46.2 Å². The van der Waals surface area contributed by atoms with Crippen LogP contribution in [-0.2, 0) is 6.54 Å². The third kappa shape index (κ3) is 3.25. The first-order valence-corrected chi connectivity index (χ1v) is 5.97. The second-order valence-corrected chi connectivity index (χ2v) is 4.58. The van der Waals surface area contributed by atoms with Crippen LogP contribution < -0.4 is 4.74 Å². The Kier molecular flexibility index (Phi) is 3.85. The van der Waals surface area contributed by atoms with Gasteiger partial charge in [0, 0.05) is 10.7 Å². The van der Waals surface area contributed by atoms with Crippen LogP contribution in [0.2, 0.25) is 5.02 Å². The molecule has 1 heterocycles. The number of aromatic nitrogens is 2. The standard InChI is InChI=1S/C11H10BrClN2O/c12-9-2-1-3-11(6-9)16-5-4-15-8-10(13)7-14-15/h1-3,6-8H,4-5H2. The molecule has 0 saturated carbocycles. The Labute approximate surface area is 107 Å². The molecule has 16 heavy (non-hydrogen) atoms. The Bertz CT molecular complexity index is 473. The molecule has 0 aliphatic rings. The minimum Gasteiger partial charge on any atom is -0.492 e. The van der Waals surface area contributed by atoms with E-state index in [1.54, 1.807) is 17.1 Å². The normalized spacial score (nSPS) is 10.4. The molecule has 2 rings (SSSR count). The summed E-state index contributed by atoms with van der Waals surface area (Å²) in [4.78, 5) is 0. The molecule has 0 aliphatic carbocycles. The maximum atomic E-state index is 5.75. The summed E-state index contributed by atoms with van der Waals surface area (Å²) < 4.78 is 8.32. The van der Waals surface area contributed by atoms with E-state index in [1.807, 2.05) is 24.3 Å². The van der Waals surface area contributed by atoms with Crippen molar-refractivity contribution in [2.45, 2.75) is 6.54 Å².